The number of hydrogen-bond donors (Lipinski definition) is 1. The molecule has 1 rings (SSSR count). The predicted molar refractivity (Wildman–Crippen MR) is 62.4 cm³/mol. The second kappa shape index (κ2) is 5.84. The van der Waals surface area contributed by atoms with Crippen LogP contribution in [0.4, 0.5) is 0 Å². The molecule has 0 bridgehead atoms. The number of allylic oxidation sites excluding steroid dienone is 1. The van der Waals surface area contributed by atoms with Crippen molar-refractivity contribution in [3.05, 3.63) is 47.5 Å². The molecule has 76 valence electrons. The minimum atomic E-state index is 0.0450. The monoisotopic (exact) mass is 209 g/mol. The van der Waals surface area contributed by atoms with E-state index in [0.717, 1.165) is 29.8 Å². The number of unbranched alkanes of at least 4 members (excludes halogenated alkanes) is 1. The molecule has 1 aromatic carbocycles. The molecule has 0 aromatic heterocycles. The van der Waals surface area contributed by atoms with Crippen molar-refractivity contribution in [1.29, 1.82) is 0 Å². The Morgan fingerprint density at radius 1 is 1.43 bits per heavy atom. The first kappa shape index (κ1) is 11.3. The standard InChI is InChI=1S/C12H16ClN/c1-2-3-4-9-12(14)10-7-5-6-8-11(10)13/h2,5-8,12H,1,3-4,9,14H2. The number of benzene rings is 1. The van der Waals surface area contributed by atoms with Crippen LogP contribution in [-0.4, -0.2) is 0 Å². The maximum absolute atomic E-state index is 6.03. The summed E-state index contributed by atoms with van der Waals surface area (Å²) >= 11 is 6.03. The van der Waals surface area contributed by atoms with E-state index in [1.165, 1.54) is 0 Å². The largest absolute Gasteiger partial charge is 0.324 e. The van der Waals surface area contributed by atoms with Gasteiger partial charge in [0.1, 0.15) is 0 Å². The van der Waals surface area contributed by atoms with Crippen molar-refractivity contribution in [2.45, 2.75) is 25.3 Å². The van der Waals surface area contributed by atoms with E-state index in [1.807, 2.05) is 30.3 Å². The van der Waals surface area contributed by atoms with Crippen LogP contribution in [0.5, 0.6) is 0 Å². The van der Waals surface area contributed by atoms with Gasteiger partial charge in [0.2, 0.25) is 0 Å². The Kier molecular flexibility index (Phi) is 4.71. The highest BCUT2D eigenvalue weighted by Crippen LogP contribution is 2.24. The minimum absolute atomic E-state index is 0.0450. The van der Waals surface area contributed by atoms with Crippen LogP contribution in [0.2, 0.25) is 5.02 Å². The van der Waals surface area contributed by atoms with Gasteiger partial charge in [0.15, 0.2) is 0 Å². The lowest BCUT2D eigenvalue weighted by Crippen LogP contribution is -2.10. The summed E-state index contributed by atoms with van der Waals surface area (Å²) in [4.78, 5) is 0. The van der Waals surface area contributed by atoms with Gasteiger partial charge >= 0.3 is 0 Å². The fourth-order valence-electron chi connectivity index (χ4n) is 1.41. The topological polar surface area (TPSA) is 26.0 Å². The van der Waals surface area contributed by atoms with Gasteiger partial charge in [-0.05, 0) is 30.9 Å². The van der Waals surface area contributed by atoms with Crippen LogP contribution >= 0.6 is 11.6 Å². The summed E-state index contributed by atoms with van der Waals surface area (Å²) in [5.41, 5.74) is 7.06. The van der Waals surface area contributed by atoms with Gasteiger partial charge in [-0.3, -0.25) is 0 Å². The average Bonchev–Trinajstić information content (AvgIpc) is 2.18. The van der Waals surface area contributed by atoms with Gasteiger partial charge in [-0.1, -0.05) is 35.9 Å². The molecule has 2 heteroatoms. The lowest BCUT2D eigenvalue weighted by Gasteiger charge is -2.12. The molecule has 0 radical (unpaired) electrons. The molecular weight excluding hydrogens is 194 g/mol. The van der Waals surface area contributed by atoms with Crippen molar-refractivity contribution in [3.63, 3.8) is 0 Å². The molecule has 0 saturated carbocycles. The maximum Gasteiger partial charge on any atom is 0.0453 e. The fourth-order valence-corrected chi connectivity index (χ4v) is 1.69. The first-order chi connectivity index (χ1) is 6.75. The first-order valence-electron chi connectivity index (χ1n) is 4.86. The smallest absolute Gasteiger partial charge is 0.0453 e. The molecule has 0 aliphatic rings. The molecule has 0 saturated heterocycles. The summed E-state index contributed by atoms with van der Waals surface area (Å²) in [6.07, 6.45) is 4.95. The molecule has 0 aliphatic carbocycles. The van der Waals surface area contributed by atoms with Gasteiger partial charge < -0.3 is 5.73 Å². The average molecular weight is 210 g/mol. The summed E-state index contributed by atoms with van der Waals surface area (Å²) in [6.45, 7) is 3.68. The Hall–Kier alpha value is -0.790. The van der Waals surface area contributed by atoms with Gasteiger partial charge in [-0.2, -0.15) is 0 Å². The van der Waals surface area contributed by atoms with E-state index in [-0.39, 0.29) is 6.04 Å². The van der Waals surface area contributed by atoms with Crippen molar-refractivity contribution in [2.75, 3.05) is 0 Å². The molecule has 0 spiro atoms. The molecule has 0 fully saturated rings. The van der Waals surface area contributed by atoms with Crippen molar-refractivity contribution < 1.29 is 0 Å². The zero-order valence-electron chi connectivity index (χ0n) is 8.25. The molecule has 0 amide bonds. The van der Waals surface area contributed by atoms with E-state index < -0.39 is 0 Å². The lowest BCUT2D eigenvalue weighted by molar-refractivity contribution is 0.617. The van der Waals surface area contributed by atoms with Crippen molar-refractivity contribution >= 4 is 11.6 Å². The number of rotatable bonds is 5. The Labute approximate surface area is 90.6 Å². The highest BCUT2D eigenvalue weighted by Gasteiger charge is 2.08. The van der Waals surface area contributed by atoms with E-state index in [2.05, 4.69) is 6.58 Å². The number of hydrogen-bond acceptors (Lipinski definition) is 1. The van der Waals surface area contributed by atoms with Gasteiger partial charge in [-0.15, -0.1) is 6.58 Å². The molecule has 14 heavy (non-hydrogen) atoms. The van der Waals surface area contributed by atoms with Gasteiger partial charge in [-0.25, -0.2) is 0 Å². The number of halogens is 1. The molecule has 0 heterocycles. The molecule has 1 unspecified atom stereocenters. The second-order valence-corrected chi connectivity index (χ2v) is 3.75. The SMILES string of the molecule is C=CCCCC(N)c1ccccc1Cl. The third-order valence-corrected chi connectivity index (χ3v) is 2.57. The van der Waals surface area contributed by atoms with Crippen LogP contribution in [0.15, 0.2) is 36.9 Å². The Bertz CT molecular complexity index is 296. The van der Waals surface area contributed by atoms with Crippen molar-refractivity contribution in [2.24, 2.45) is 5.73 Å². The zero-order valence-corrected chi connectivity index (χ0v) is 9.00. The molecular formula is C12H16ClN. The Balaban J connectivity index is 2.55. The lowest BCUT2D eigenvalue weighted by atomic mass is 10.0. The van der Waals surface area contributed by atoms with Crippen molar-refractivity contribution in [3.8, 4) is 0 Å². The van der Waals surface area contributed by atoms with Crippen LogP contribution in [0.1, 0.15) is 30.9 Å². The summed E-state index contributed by atoms with van der Waals surface area (Å²) < 4.78 is 0. The molecule has 1 aromatic rings. The fraction of sp³-hybridized carbons (Fsp3) is 0.333. The normalized spacial score (nSPS) is 12.4. The quantitative estimate of drug-likeness (QED) is 0.581. The second-order valence-electron chi connectivity index (χ2n) is 3.35. The minimum Gasteiger partial charge on any atom is -0.324 e. The summed E-state index contributed by atoms with van der Waals surface area (Å²) in [7, 11) is 0. The highest BCUT2D eigenvalue weighted by atomic mass is 35.5. The summed E-state index contributed by atoms with van der Waals surface area (Å²) in [5, 5.41) is 0.763. The summed E-state index contributed by atoms with van der Waals surface area (Å²) in [6, 6.07) is 7.80. The Morgan fingerprint density at radius 3 is 2.79 bits per heavy atom. The van der Waals surface area contributed by atoms with E-state index in [0.29, 0.717) is 0 Å². The Morgan fingerprint density at radius 2 is 2.14 bits per heavy atom. The van der Waals surface area contributed by atoms with Gasteiger partial charge in [0.05, 0.1) is 0 Å². The summed E-state index contributed by atoms with van der Waals surface area (Å²) in [5.74, 6) is 0. The molecule has 2 N–H and O–H groups in total. The van der Waals surface area contributed by atoms with Gasteiger partial charge in [0, 0.05) is 11.1 Å². The van der Waals surface area contributed by atoms with E-state index >= 15 is 0 Å². The van der Waals surface area contributed by atoms with E-state index in [9.17, 15) is 0 Å². The van der Waals surface area contributed by atoms with Crippen LogP contribution in [-0.2, 0) is 0 Å². The predicted octanol–water partition coefficient (Wildman–Crippen LogP) is 3.70. The highest BCUT2D eigenvalue weighted by molar-refractivity contribution is 6.31. The van der Waals surface area contributed by atoms with Crippen LogP contribution in [0.25, 0.3) is 0 Å². The third-order valence-electron chi connectivity index (χ3n) is 2.23. The van der Waals surface area contributed by atoms with Crippen LogP contribution in [0, 0.1) is 0 Å². The van der Waals surface area contributed by atoms with Crippen molar-refractivity contribution in [1.82, 2.24) is 0 Å². The molecule has 0 aliphatic heterocycles. The molecule has 1 atom stereocenters. The van der Waals surface area contributed by atoms with E-state index in [1.54, 1.807) is 0 Å². The van der Waals surface area contributed by atoms with Crippen LogP contribution in [0.3, 0.4) is 0 Å². The zero-order chi connectivity index (χ0) is 10.4. The number of nitrogens with two attached hydrogens (primary N) is 1. The van der Waals surface area contributed by atoms with Crippen LogP contribution < -0.4 is 5.73 Å². The first-order valence-corrected chi connectivity index (χ1v) is 5.24. The molecule has 1 nitrogen and oxygen atoms in total. The van der Waals surface area contributed by atoms with Gasteiger partial charge in [0.25, 0.3) is 0 Å². The van der Waals surface area contributed by atoms with E-state index in [4.69, 9.17) is 17.3 Å². The maximum atomic E-state index is 6.03. The third kappa shape index (κ3) is 3.17.